The van der Waals surface area contributed by atoms with Crippen LogP contribution in [0.1, 0.15) is 72.6 Å². The van der Waals surface area contributed by atoms with Crippen molar-refractivity contribution in [2.75, 3.05) is 7.05 Å². The number of aromatic nitrogens is 3. The first-order valence-corrected chi connectivity index (χ1v) is 9.90. The van der Waals surface area contributed by atoms with Gasteiger partial charge < -0.3 is 14.0 Å². The zero-order chi connectivity index (χ0) is 20.6. The van der Waals surface area contributed by atoms with Crippen LogP contribution in [0.4, 0.5) is 0 Å². The minimum atomic E-state index is -0.0620. The first-order valence-electron chi connectivity index (χ1n) is 9.90. The molecule has 0 radical (unpaired) electrons. The van der Waals surface area contributed by atoms with Gasteiger partial charge in [-0.05, 0) is 37.7 Å². The molecule has 0 saturated carbocycles. The average Bonchev–Trinajstić information content (AvgIpc) is 3.10. The minimum absolute atomic E-state index is 0.0474. The molecule has 0 saturated heterocycles. The van der Waals surface area contributed by atoms with Gasteiger partial charge in [-0.2, -0.15) is 4.98 Å². The third-order valence-electron chi connectivity index (χ3n) is 5.46. The van der Waals surface area contributed by atoms with Crippen molar-refractivity contribution in [3.63, 3.8) is 0 Å². The van der Waals surface area contributed by atoms with E-state index in [-0.39, 0.29) is 30.1 Å². The molecule has 0 aromatic carbocycles. The third kappa shape index (κ3) is 3.88. The maximum absolute atomic E-state index is 13.0. The molecule has 7 heteroatoms. The standard InChI is InChI=1S/C21H30N4O3/c1-7-8-25-13(2)15(20-16(25)10-21(4,5)11-17(20)26)9-19(27)24(6)12-18-22-14(3)23-28-18/h7-12H2,1-6H3. The summed E-state index contributed by atoms with van der Waals surface area (Å²) < 4.78 is 7.36. The van der Waals surface area contributed by atoms with E-state index in [0.29, 0.717) is 18.1 Å². The lowest BCUT2D eigenvalue weighted by Crippen LogP contribution is -2.30. The number of rotatable bonds is 6. The Morgan fingerprint density at radius 1 is 1.29 bits per heavy atom. The molecule has 0 N–H and O–H groups in total. The highest BCUT2D eigenvalue weighted by atomic mass is 16.5. The molecule has 2 heterocycles. The lowest BCUT2D eigenvalue weighted by atomic mass is 9.75. The average molecular weight is 386 g/mol. The van der Waals surface area contributed by atoms with Gasteiger partial charge in [0.25, 0.3) is 0 Å². The highest BCUT2D eigenvalue weighted by molar-refractivity contribution is 6.01. The Morgan fingerprint density at radius 3 is 2.61 bits per heavy atom. The predicted molar refractivity (Wildman–Crippen MR) is 105 cm³/mol. The van der Waals surface area contributed by atoms with Crippen molar-refractivity contribution in [3.8, 4) is 0 Å². The molecule has 3 rings (SSSR count). The number of nitrogens with zero attached hydrogens (tertiary/aromatic N) is 4. The van der Waals surface area contributed by atoms with Gasteiger partial charge in [0.2, 0.25) is 11.8 Å². The van der Waals surface area contributed by atoms with Gasteiger partial charge >= 0.3 is 0 Å². The van der Waals surface area contributed by atoms with E-state index < -0.39 is 0 Å². The van der Waals surface area contributed by atoms with Crippen LogP contribution < -0.4 is 0 Å². The molecule has 1 aliphatic rings. The summed E-state index contributed by atoms with van der Waals surface area (Å²) >= 11 is 0. The van der Waals surface area contributed by atoms with E-state index >= 15 is 0 Å². The molecule has 0 atom stereocenters. The van der Waals surface area contributed by atoms with Crippen LogP contribution in [0, 0.1) is 19.3 Å². The third-order valence-corrected chi connectivity index (χ3v) is 5.46. The van der Waals surface area contributed by atoms with Gasteiger partial charge in [-0.1, -0.05) is 25.9 Å². The first-order chi connectivity index (χ1) is 13.1. The van der Waals surface area contributed by atoms with Crippen LogP contribution in [0.3, 0.4) is 0 Å². The molecular weight excluding hydrogens is 356 g/mol. The number of carbonyl (C=O) groups is 2. The fraction of sp³-hybridized carbons (Fsp3) is 0.619. The number of amides is 1. The number of aryl methyl sites for hydroxylation is 1. The quantitative estimate of drug-likeness (QED) is 0.761. The molecule has 152 valence electrons. The molecule has 0 unspecified atom stereocenters. The van der Waals surface area contributed by atoms with E-state index in [1.54, 1.807) is 18.9 Å². The second-order valence-corrected chi connectivity index (χ2v) is 8.64. The van der Waals surface area contributed by atoms with E-state index in [1.807, 2.05) is 6.92 Å². The number of fused-ring (bicyclic) bond motifs is 1. The Bertz CT molecular complexity index is 907. The molecule has 2 aromatic heterocycles. The lowest BCUT2D eigenvalue weighted by molar-refractivity contribution is -0.130. The van der Waals surface area contributed by atoms with Crippen LogP contribution in [-0.4, -0.2) is 38.3 Å². The van der Waals surface area contributed by atoms with E-state index in [0.717, 1.165) is 41.9 Å². The molecule has 1 aliphatic carbocycles. The largest absolute Gasteiger partial charge is 0.348 e. The summed E-state index contributed by atoms with van der Waals surface area (Å²) in [6.07, 6.45) is 2.58. The molecular formula is C21H30N4O3. The zero-order valence-electron chi connectivity index (χ0n) is 17.8. The van der Waals surface area contributed by atoms with Crippen molar-refractivity contribution in [1.82, 2.24) is 19.6 Å². The Labute approximate surface area is 166 Å². The summed E-state index contributed by atoms with van der Waals surface area (Å²) in [5.41, 5.74) is 3.74. The topological polar surface area (TPSA) is 81.2 Å². The summed E-state index contributed by atoms with van der Waals surface area (Å²) in [6.45, 7) is 11.3. The fourth-order valence-electron chi connectivity index (χ4n) is 4.13. The summed E-state index contributed by atoms with van der Waals surface area (Å²) in [6, 6.07) is 0. The molecule has 7 nitrogen and oxygen atoms in total. The Morgan fingerprint density at radius 2 is 2.00 bits per heavy atom. The van der Waals surface area contributed by atoms with Gasteiger partial charge in [-0.25, -0.2) is 0 Å². The molecule has 2 aromatic rings. The van der Waals surface area contributed by atoms with Crippen molar-refractivity contribution in [3.05, 3.63) is 34.2 Å². The molecule has 0 bridgehead atoms. The van der Waals surface area contributed by atoms with E-state index in [2.05, 4.69) is 35.5 Å². The summed E-state index contributed by atoms with van der Waals surface area (Å²) in [5.74, 6) is 1.05. The molecule has 28 heavy (non-hydrogen) atoms. The number of hydrogen-bond acceptors (Lipinski definition) is 5. The highest BCUT2D eigenvalue weighted by Gasteiger charge is 2.37. The lowest BCUT2D eigenvalue weighted by Gasteiger charge is -2.30. The van der Waals surface area contributed by atoms with Crippen LogP contribution in [0.2, 0.25) is 0 Å². The van der Waals surface area contributed by atoms with Crippen LogP contribution in [0.15, 0.2) is 4.52 Å². The van der Waals surface area contributed by atoms with Crippen LogP contribution in [-0.2, 0) is 30.7 Å². The van der Waals surface area contributed by atoms with Crippen molar-refractivity contribution >= 4 is 11.7 Å². The summed E-state index contributed by atoms with van der Waals surface area (Å²) in [5, 5.41) is 3.76. The van der Waals surface area contributed by atoms with Crippen molar-refractivity contribution < 1.29 is 14.1 Å². The number of ketones is 1. The smallest absolute Gasteiger partial charge is 0.246 e. The zero-order valence-corrected chi connectivity index (χ0v) is 17.8. The Kier molecular flexibility index (Phi) is 5.46. The first kappa shape index (κ1) is 20.3. The molecule has 1 amide bonds. The van der Waals surface area contributed by atoms with E-state index in [9.17, 15) is 9.59 Å². The maximum atomic E-state index is 13.0. The number of likely N-dealkylation sites (N-methyl/N-ethyl adjacent to an activating group) is 1. The molecule has 0 spiro atoms. The second-order valence-electron chi connectivity index (χ2n) is 8.64. The van der Waals surface area contributed by atoms with E-state index in [4.69, 9.17) is 4.52 Å². The monoisotopic (exact) mass is 386 g/mol. The van der Waals surface area contributed by atoms with Crippen LogP contribution in [0.25, 0.3) is 0 Å². The van der Waals surface area contributed by atoms with Crippen LogP contribution in [0.5, 0.6) is 0 Å². The number of carbonyl (C=O) groups excluding carboxylic acids is 2. The summed E-state index contributed by atoms with van der Waals surface area (Å²) in [4.78, 5) is 31.6. The molecule has 0 fully saturated rings. The van der Waals surface area contributed by atoms with Gasteiger partial charge in [0, 0.05) is 37.0 Å². The van der Waals surface area contributed by atoms with Gasteiger partial charge in [0.05, 0.1) is 13.0 Å². The van der Waals surface area contributed by atoms with Gasteiger partial charge in [-0.3, -0.25) is 9.59 Å². The second kappa shape index (κ2) is 7.53. The predicted octanol–water partition coefficient (Wildman–Crippen LogP) is 3.25. The maximum Gasteiger partial charge on any atom is 0.246 e. The van der Waals surface area contributed by atoms with Gasteiger partial charge in [0.1, 0.15) is 0 Å². The Hall–Kier alpha value is -2.44. The fourth-order valence-corrected chi connectivity index (χ4v) is 4.13. The normalized spacial score (nSPS) is 15.6. The number of Topliss-reactive ketones (excluding diaryl/α,β-unsaturated/α-hetero) is 1. The van der Waals surface area contributed by atoms with Crippen molar-refractivity contribution in [1.29, 1.82) is 0 Å². The Balaban J connectivity index is 1.89. The van der Waals surface area contributed by atoms with E-state index in [1.165, 1.54) is 0 Å². The highest BCUT2D eigenvalue weighted by Crippen LogP contribution is 2.39. The van der Waals surface area contributed by atoms with Crippen molar-refractivity contribution in [2.24, 2.45) is 5.41 Å². The minimum Gasteiger partial charge on any atom is -0.348 e. The summed E-state index contributed by atoms with van der Waals surface area (Å²) in [7, 11) is 1.72. The van der Waals surface area contributed by atoms with Crippen molar-refractivity contribution in [2.45, 2.75) is 73.4 Å². The van der Waals surface area contributed by atoms with Gasteiger partial charge in [-0.15, -0.1) is 0 Å². The van der Waals surface area contributed by atoms with Gasteiger partial charge in [0.15, 0.2) is 11.6 Å². The molecule has 0 aliphatic heterocycles. The SMILES string of the molecule is CCCn1c(C)c(CC(=O)N(C)Cc2nc(C)no2)c2c1CC(C)(C)CC2=O. The number of hydrogen-bond donors (Lipinski definition) is 0. The van der Waals surface area contributed by atoms with Crippen LogP contribution >= 0.6 is 0 Å².